The summed E-state index contributed by atoms with van der Waals surface area (Å²) in [4.78, 5) is 26.3. The van der Waals surface area contributed by atoms with Gasteiger partial charge in [0, 0.05) is 22.4 Å². The van der Waals surface area contributed by atoms with E-state index in [2.05, 4.69) is 10.6 Å². The number of carbonyl (C=O) groups excluding carboxylic acids is 2. The van der Waals surface area contributed by atoms with Gasteiger partial charge in [-0.1, -0.05) is 48.5 Å². The van der Waals surface area contributed by atoms with Crippen molar-refractivity contribution in [1.29, 1.82) is 0 Å². The van der Waals surface area contributed by atoms with Crippen molar-refractivity contribution in [2.24, 2.45) is 0 Å². The summed E-state index contributed by atoms with van der Waals surface area (Å²) in [6.45, 7) is 0. The highest BCUT2D eigenvalue weighted by atomic mass is 32.2. The van der Waals surface area contributed by atoms with Crippen molar-refractivity contribution in [2.75, 3.05) is 5.32 Å². The highest BCUT2D eigenvalue weighted by Crippen LogP contribution is 2.43. The number of hydrogen-bond donors (Lipinski definition) is 2. The zero-order valence-corrected chi connectivity index (χ0v) is 16.2. The number of anilines is 1. The van der Waals surface area contributed by atoms with Crippen LogP contribution in [0.15, 0.2) is 77.7 Å². The number of fused-ring (bicyclic) bond motifs is 3. The summed E-state index contributed by atoms with van der Waals surface area (Å²) < 4.78 is 5.98. The summed E-state index contributed by atoms with van der Waals surface area (Å²) in [5, 5.41) is 5.54. The first-order chi connectivity index (χ1) is 14.2. The lowest BCUT2D eigenvalue weighted by Gasteiger charge is -2.29. The summed E-state index contributed by atoms with van der Waals surface area (Å²) in [7, 11) is 0. The second-order valence-electron chi connectivity index (χ2n) is 6.97. The van der Waals surface area contributed by atoms with Crippen LogP contribution in [0.5, 0.6) is 11.5 Å². The van der Waals surface area contributed by atoms with Gasteiger partial charge in [0.2, 0.25) is 11.8 Å². The molecule has 3 aromatic carbocycles. The number of nitrogens with one attached hydrogen (secondary N) is 2. The Morgan fingerprint density at radius 2 is 1.55 bits per heavy atom. The van der Waals surface area contributed by atoms with Crippen LogP contribution < -0.4 is 15.4 Å². The molecule has 0 saturated carbocycles. The number of ether oxygens (including phenoxy) is 1. The van der Waals surface area contributed by atoms with Crippen LogP contribution in [0.4, 0.5) is 5.69 Å². The van der Waals surface area contributed by atoms with Crippen LogP contribution in [0.3, 0.4) is 0 Å². The van der Waals surface area contributed by atoms with Crippen LogP contribution in [0.2, 0.25) is 0 Å². The van der Waals surface area contributed by atoms with Crippen molar-refractivity contribution in [3.63, 3.8) is 0 Å². The number of para-hydroxylation sites is 3. The number of amides is 2. The topological polar surface area (TPSA) is 67.4 Å². The predicted molar refractivity (Wildman–Crippen MR) is 112 cm³/mol. The maximum atomic E-state index is 12.9. The lowest BCUT2D eigenvalue weighted by molar-refractivity contribution is -0.124. The zero-order chi connectivity index (χ0) is 19.8. The molecule has 2 aliphatic rings. The smallest absolute Gasteiger partial charge is 0.238 e. The molecule has 3 aromatic rings. The molecule has 5 rings (SSSR count). The fourth-order valence-corrected chi connectivity index (χ4v) is 4.79. The molecule has 2 amide bonds. The maximum Gasteiger partial charge on any atom is 0.238 e. The van der Waals surface area contributed by atoms with Gasteiger partial charge in [-0.2, -0.15) is 0 Å². The highest BCUT2D eigenvalue weighted by molar-refractivity contribution is 8.01. The maximum absolute atomic E-state index is 12.9. The van der Waals surface area contributed by atoms with E-state index >= 15 is 0 Å². The third kappa shape index (κ3) is 3.36. The van der Waals surface area contributed by atoms with Gasteiger partial charge >= 0.3 is 0 Å². The van der Waals surface area contributed by atoms with Gasteiger partial charge in [-0.25, -0.2) is 0 Å². The van der Waals surface area contributed by atoms with E-state index in [1.165, 1.54) is 11.8 Å². The molecular weight excluding hydrogens is 384 g/mol. The molecule has 2 aliphatic heterocycles. The van der Waals surface area contributed by atoms with Crippen molar-refractivity contribution < 1.29 is 14.3 Å². The fraction of sp³-hybridized carbons (Fsp3) is 0.130. The van der Waals surface area contributed by atoms with Crippen LogP contribution in [-0.2, 0) is 9.59 Å². The van der Waals surface area contributed by atoms with Gasteiger partial charge in [-0.3, -0.25) is 9.59 Å². The first kappa shape index (κ1) is 17.8. The quantitative estimate of drug-likeness (QED) is 0.677. The van der Waals surface area contributed by atoms with Crippen molar-refractivity contribution in [3.05, 3.63) is 83.9 Å². The largest absolute Gasteiger partial charge is 0.457 e. The predicted octanol–water partition coefficient (Wildman–Crippen LogP) is 4.50. The summed E-state index contributed by atoms with van der Waals surface area (Å²) in [5.74, 6) is 1.15. The minimum Gasteiger partial charge on any atom is -0.457 e. The molecule has 1 atom stereocenters. The molecule has 0 spiro atoms. The van der Waals surface area contributed by atoms with Crippen LogP contribution in [0, 0.1) is 0 Å². The Hall–Kier alpha value is -3.25. The molecule has 2 heterocycles. The van der Waals surface area contributed by atoms with E-state index in [0.717, 1.165) is 33.2 Å². The molecule has 6 heteroatoms. The Bertz CT molecular complexity index is 1070. The average Bonchev–Trinajstić information content (AvgIpc) is 2.74. The molecule has 0 fully saturated rings. The van der Waals surface area contributed by atoms with Crippen LogP contribution >= 0.6 is 11.8 Å². The average molecular weight is 402 g/mol. The van der Waals surface area contributed by atoms with E-state index in [4.69, 9.17) is 4.74 Å². The molecule has 2 N–H and O–H groups in total. The third-order valence-electron chi connectivity index (χ3n) is 5.06. The lowest BCUT2D eigenvalue weighted by Crippen LogP contribution is -2.37. The lowest BCUT2D eigenvalue weighted by atomic mass is 9.94. The minimum atomic E-state index is -0.463. The van der Waals surface area contributed by atoms with Crippen LogP contribution in [-0.4, -0.2) is 17.1 Å². The normalized spacial score (nSPS) is 17.2. The van der Waals surface area contributed by atoms with E-state index in [0.29, 0.717) is 0 Å². The Balaban J connectivity index is 1.37. The summed E-state index contributed by atoms with van der Waals surface area (Å²) in [5.41, 5.74) is 2.61. The third-order valence-corrected chi connectivity index (χ3v) is 6.34. The van der Waals surface area contributed by atoms with Gasteiger partial charge in [0.25, 0.3) is 0 Å². The standard InChI is InChI=1S/C23H18N2O3S/c26-21(13-20-23(27)24-16-9-3-6-12-19(16)29-20)25-22-14-7-1-4-10-17(14)28-18-11-5-2-8-15(18)22/h1-12,20,22H,13H2,(H,24,27)(H,25,26). The van der Waals surface area contributed by atoms with Gasteiger partial charge in [-0.15, -0.1) is 11.8 Å². The number of hydrogen-bond acceptors (Lipinski definition) is 4. The minimum absolute atomic E-state index is 0.104. The van der Waals surface area contributed by atoms with Gasteiger partial charge in [0.15, 0.2) is 0 Å². The SMILES string of the molecule is O=C(CC1Sc2ccccc2NC1=O)NC1c2ccccc2Oc2ccccc21. The first-order valence-electron chi connectivity index (χ1n) is 9.40. The van der Waals surface area contributed by atoms with E-state index in [-0.39, 0.29) is 24.3 Å². The van der Waals surface area contributed by atoms with E-state index in [1.807, 2.05) is 72.8 Å². The molecule has 0 radical (unpaired) electrons. The van der Waals surface area contributed by atoms with E-state index < -0.39 is 5.25 Å². The van der Waals surface area contributed by atoms with E-state index in [1.54, 1.807) is 0 Å². The Morgan fingerprint density at radius 3 is 2.28 bits per heavy atom. The van der Waals surface area contributed by atoms with Crippen LogP contribution in [0.25, 0.3) is 0 Å². The fourth-order valence-electron chi connectivity index (χ4n) is 3.68. The summed E-state index contributed by atoms with van der Waals surface area (Å²) in [6, 6.07) is 22.7. The number of carbonyl (C=O) groups is 2. The molecule has 144 valence electrons. The van der Waals surface area contributed by atoms with Crippen LogP contribution in [0.1, 0.15) is 23.6 Å². The molecule has 5 nitrogen and oxygen atoms in total. The highest BCUT2D eigenvalue weighted by Gasteiger charge is 2.32. The number of rotatable bonds is 3. The Morgan fingerprint density at radius 1 is 0.931 bits per heavy atom. The molecule has 0 saturated heterocycles. The molecule has 0 bridgehead atoms. The molecular formula is C23H18N2O3S. The van der Waals surface area contributed by atoms with Gasteiger partial charge in [-0.05, 0) is 24.3 Å². The monoisotopic (exact) mass is 402 g/mol. The van der Waals surface area contributed by atoms with Gasteiger partial charge < -0.3 is 15.4 Å². The Kier molecular flexibility index (Phi) is 4.48. The Labute approximate surface area is 172 Å². The molecule has 29 heavy (non-hydrogen) atoms. The van der Waals surface area contributed by atoms with Crippen molar-refractivity contribution in [3.8, 4) is 11.5 Å². The van der Waals surface area contributed by atoms with E-state index in [9.17, 15) is 9.59 Å². The van der Waals surface area contributed by atoms with Crippen molar-refractivity contribution in [2.45, 2.75) is 22.6 Å². The number of thioether (sulfide) groups is 1. The van der Waals surface area contributed by atoms with Gasteiger partial charge in [0.05, 0.1) is 17.0 Å². The zero-order valence-electron chi connectivity index (χ0n) is 15.4. The summed E-state index contributed by atoms with van der Waals surface area (Å²) >= 11 is 1.43. The summed E-state index contributed by atoms with van der Waals surface area (Å²) in [6.07, 6.45) is 0.104. The second-order valence-corrected chi connectivity index (χ2v) is 8.22. The van der Waals surface area contributed by atoms with Crippen molar-refractivity contribution >= 4 is 29.3 Å². The molecule has 1 unspecified atom stereocenters. The molecule has 0 aromatic heterocycles. The first-order valence-corrected chi connectivity index (χ1v) is 10.3. The van der Waals surface area contributed by atoms with Crippen molar-refractivity contribution in [1.82, 2.24) is 5.32 Å². The number of benzene rings is 3. The second kappa shape index (κ2) is 7.29. The molecule has 0 aliphatic carbocycles. The van der Waals surface area contributed by atoms with Gasteiger partial charge in [0.1, 0.15) is 11.5 Å².